The van der Waals surface area contributed by atoms with Gasteiger partial charge in [0.05, 0.1) is 18.1 Å². The van der Waals surface area contributed by atoms with Gasteiger partial charge in [-0.15, -0.1) is 0 Å². The van der Waals surface area contributed by atoms with Gasteiger partial charge in [-0.2, -0.15) is 0 Å². The SMILES string of the molecule is CC(=O)N/C=C/SC1=C(C(=O)O[Si](c2ccccc2)(c2ccccc2)C(C)(C)C)N2C(=O)[C@H]([C@H](C)O)[C@H]2C1. The Morgan fingerprint density at radius 2 is 1.66 bits per heavy atom. The van der Waals surface area contributed by atoms with Gasteiger partial charge in [0.25, 0.3) is 0 Å². The zero-order valence-electron chi connectivity index (χ0n) is 22.3. The van der Waals surface area contributed by atoms with E-state index in [0.29, 0.717) is 11.3 Å². The van der Waals surface area contributed by atoms with Crippen molar-refractivity contribution in [3.63, 3.8) is 0 Å². The van der Waals surface area contributed by atoms with Crippen LogP contribution in [-0.4, -0.2) is 48.3 Å². The molecular weight excluding hydrogens is 516 g/mol. The van der Waals surface area contributed by atoms with Gasteiger partial charge in [-0.3, -0.25) is 9.59 Å². The summed E-state index contributed by atoms with van der Waals surface area (Å²) in [5.41, 5.74) is 0.224. The number of amides is 2. The maximum atomic E-state index is 14.2. The summed E-state index contributed by atoms with van der Waals surface area (Å²) in [6, 6.07) is 19.4. The van der Waals surface area contributed by atoms with Crippen LogP contribution in [0.5, 0.6) is 0 Å². The monoisotopic (exact) mass is 550 g/mol. The molecule has 2 aromatic carbocycles. The van der Waals surface area contributed by atoms with Crippen LogP contribution < -0.4 is 15.7 Å². The molecule has 0 bridgehead atoms. The van der Waals surface area contributed by atoms with Crippen LogP contribution in [0.15, 0.2) is 82.9 Å². The number of carbonyl (C=O) groups excluding carboxylic acids is 3. The van der Waals surface area contributed by atoms with Crippen molar-refractivity contribution in [3.05, 3.63) is 82.9 Å². The first-order valence-electron chi connectivity index (χ1n) is 12.7. The van der Waals surface area contributed by atoms with E-state index in [-0.39, 0.29) is 23.6 Å². The highest BCUT2D eigenvalue weighted by molar-refractivity contribution is 8.05. The molecule has 2 aliphatic heterocycles. The Bertz CT molecular complexity index is 1230. The second kappa shape index (κ2) is 10.9. The minimum Gasteiger partial charge on any atom is -0.505 e. The highest BCUT2D eigenvalue weighted by atomic mass is 32.2. The topological polar surface area (TPSA) is 95.9 Å². The first-order chi connectivity index (χ1) is 18.0. The fourth-order valence-electron chi connectivity index (χ4n) is 5.43. The van der Waals surface area contributed by atoms with E-state index in [1.165, 1.54) is 29.8 Å². The highest BCUT2D eigenvalue weighted by Crippen LogP contribution is 2.48. The standard InChI is InChI=1S/C29H34N2O5SSi/c1-19(32)25-23-18-24(37-17-16-30-20(2)33)26(31(23)27(25)34)28(35)36-38(29(3,4)5,21-12-8-6-9-13-21)22-14-10-7-11-15-22/h6-17,19,23,25,32H,18H2,1-5H3,(H,30,33)/b17-16+/t19-,23+,25+/m0/s1. The van der Waals surface area contributed by atoms with E-state index in [2.05, 4.69) is 26.1 Å². The predicted octanol–water partition coefficient (Wildman–Crippen LogP) is 3.25. The molecule has 7 nitrogen and oxygen atoms in total. The molecule has 2 heterocycles. The van der Waals surface area contributed by atoms with Gasteiger partial charge in [0.1, 0.15) is 5.70 Å². The van der Waals surface area contributed by atoms with Gasteiger partial charge < -0.3 is 19.7 Å². The lowest BCUT2D eigenvalue weighted by molar-refractivity contribution is -0.160. The van der Waals surface area contributed by atoms with Gasteiger partial charge in [0.2, 0.25) is 11.8 Å². The van der Waals surface area contributed by atoms with Crippen molar-refractivity contribution in [2.75, 3.05) is 0 Å². The highest BCUT2D eigenvalue weighted by Gasteiger charge is 2.59. The molecule has 2 amide bonds. The van der Waals surface area contributed by atoms with Gasteiger partial charge in [0.15, 0.2) is 0 Å². The Hall–Kier alpha value is -3.14. The van der Waals surface area contributed by atoms with Gasteiger partial charge >= 0.3 is 14.3 Å². The van der Waals surface area contributed by atoms with Crippen molar-refractivity contribution in [2.45, 2.75) is 58.2 Å². The lowest BCUT2D eigenvalue weighted by Crippen LogP contribution is -2.68. The molecule has 2 aliphatic rings. The number of hydrogen-bond acceptors (Lipinski definition) is 6. The molecule has 0 radical (unpaired) electrons. The maximum Gasteiger partial charge on any atom is 0.343 e. The second-order valence-electron chi connectivity index (χ2n) is 10.7. The predicted molar refractivity (Wildman–Crippen MR) is 152 cm³/mol. The quantitative estimate of drug-likeness (QED) is 0.387. The van der Waals surface area contributed by atoms with E-state index in [0.717, 1.165) is 10.4 Å². The third-order valence-corrected chi connectivity index (χ3v) is 12.9. The molecule has 200 valence electrons. The first kappa shape index (κ1) is 27.9. The fraction of sp³-hybridized carbons (Fsp3) is 0.345. The second-order valence-corrected chi connectivity index (χ2v) is 15.9. The van der Waals surface area contributed by atoms with E-state index >= 15 is 0 Å². The third kappa shape index (κ3) is 4.98. The van der Waals surface area contributed by atoms with Crippen LogP contribution in [0.25, 0.3) is 0 Å². The zero-order valence-corrected chi connectivity index (χ0v) is 24.1. The molecule has 0 aromatic heterocycles. The van der Waals surface area contributed by atoms with Gasteiger partial charge in [-0.1, -0.05) is 93.2 Å². The van der Waals surface area contributed by atoms with Crippen LogP contribution in [0.2, 0.25) is 5.04 Å². The normalized spacial score (nSPS) is 20.3. The minimum atomic E-state index is -3.21. The van der Waals surface area contributed by atoms with Crippen molar-refractivity contribution in [2.24, 2.45) is 5.92 Å². The first-order valence-corrected chi connectivity index (χ1v) is 15.4. The van der Waals surface area contributed by atoms with E-state index in [4.69, 9.17) is 4.43 Å². The molecule has 2 aromatic rings. The minimum absolute atomic E-state index is 0.207. The van der Waals surface area contributed by atoms with Gasteiger partial charge in [-0.25, -0.2) is 4.79 Å². The van der Waals surface area contributed by atoms with Crippen molar-refractivity contribution in [1.29, 1.82) is 0 Å². The van der Waals surface area contributed by atoms with E-state index in [1.54, 1.807) is 12.3 Å². The molecule has 1 fully saturated rings. The summed E-state index contributed by atoms with van der Waals surface area (Å²) in [5, 5.41) is 16.0. The molecule has 0 saturated carbocycles. The Morgan fingerprint density at radius 3 is 2.13 bits per heavy atom. The zero-order chi connectivity index (χ0) is 27.7. The van der Waals surface area contributed by atoms with Crippen LogP contribution in [-0.2, 0) is 18.8 Å². The van der Waals surface area contributed by atoms with Crippen molar-refractivity contribution >= 4 is 48.2 Å². The van der Waals surface area contributed by atoms with Crippen LogP contribution >= 0.6 is 11.8 Å². The van der Waals surface area contributed by atoms with Crippen molar-refractivity contribution in [1.82, 2.24) is 10.2 Å². The number of β-lactam (4-membered cyclic amide) rings is 1. The van der Waals surface area contributed by atoms with Gasteiger partial charge in [0, 0.05) is 24.4 Å². The number of thioether (sulfide) groups is 1. The summed E-state index contributed by atoms with van der Waals surface area (Å²) in [5.74, 6) is -1.60. The fourth-order valence-corrected chi connectivity index (χ4v) is 10.6. The van der Waals surface area contributed by atoms with E-state index in [1.807, 2.05) is 60.7 Å². The molecule has 0 unspecified atom stereocenters. The number of aliphatic hydroxyl groups is 1. The average Bonchev–Trinajstić information content (AvgIpc) is 3.19. The molecular formula is C29H34N2O5SSi. The van der Waals surface area contributed by atoms with Crippen LogP contribution in [0, 0.1) is 5.92 Å². The van der Waals surface area contributed by atoms with Gasteiger partial charge in [-0.05, 0) is 27.7 Å². The molecule has 1 saturated heterocycles. The van der Waals surface area contributed by atoms with Crippen LogP contribution in [0.3, 0.4) is 0 Å². The molecule has 3 atom stereocenters. The molecule has 0 spiro atoms. The number of nitrogens with zero attached hydrogens (tertiary/aromatic N) is 1. The molecule has 38 heavy (non-hydrogen) atoms. The summed E-state index contributed by atoms with van der Waals surface area (Å²) < 4.78 is 6.71. The summed E-state index contributed by atoms with van der Waals surface area (Å²) in [6.07, 6.45) is 1.12. The number of carbonyl (C=O) groups is 3. The summed E-state index contributed by atoms with van der Waals surface area (Å²) in [6.45, 7) is 9.27. The molecule has 0 aliphatic carbocycles. The van der Waals surface area contributed by atoms with Crippen LogP contribution in [0.1, 0.15) is 41.0 Å². The molecule has 4 rings (SSSR count). The van der Waals surface area contributed by atoms with Crippen molar-refractivity contribution in [3.8, 4) is 0 Å². The lowest BCUT2D eigenvalue weighted by Gasteiger charge is -2.46. The van der Waals surface area contributed by atoms with E-state index in [9.17, 15) is 19.5 Å². The Kier molecular flexibility index (Phi) is 8.01. The Balaban J connectivity index is 1.79. The summed E-state index contributed by atoms with van der Waals surface area (Å²) >= 11 is 1.27. The summed E-state index contributed by atoms with van der Waals surface area (Å²) in [7, 11) is -3.21. The number of benzene rings is 2. The van der Waals surface area contributed by atoms with Crippen molar-refractivity contribution < 1.29 is 23.9 Å². The Labute approximate surface area is 229 Å². The number of rotatable bonds is 8. The van der Waals surface area contributed by atoms with E-state index < -0.39 is 31.3 Å². The number of nitrogens with one attached hydrogen (secondary N) is 1. The Morgan fingerprint density at radius 1 is 1.11 bits per heavy atom. The van der Waals surface area contributed by atoms with Crippen LogP contribution in [0.4, 0.5) is 0 Å². The number of fused-ring (bicyclic) bond motifs is 1. The smallest absolute Gasteiger partial charge is 0.343 e. The number of hydrogen-bond donors (Lipinski definition) is 2. The largest absolute Gasteiger partial charge is 0.505 e. The lowest BCUT2D eigenvalue weighted by atomic mass is 9.83. The molecule has 2 N–H and O–H groups in total. The maximum absolute atomic E-state index is 14.2. The average molecular weight is 551 g/mol. The number of aliphatic hydroxyl groups excluding tert-OH is 1. The summed E-state index contributed by atoms with van der Waals surface area (Å²) in [4.78, 5) is 40.8. The molecule has 9 heteroatoms. The third-order valence-electron chi connectivity index (χ3n) is 7.11.